The van der Waals surface area contributed by atoms with Crippen LogP contribution < -0.4 is 4.74 Å². The minimum atomic E-state index is 0.0221. The van der Waals surface area contributed by atoms with E-state index >= 15 is 0 Å². The van der Waals surface area contributed by atoms with E-state index in [0.717, 1.165) is 25.8 Å². The third-order valence-electron chi connectivity index (χ3n) is 4.27. The van der Waals surface area contributed by atoms with Crippen LogP contribution in [0.4, 0.5) is 0 Å². The van der Waals surface area contributed by atoms with Gasteiger partial charge in [0.15, 0.2) is 0 Å². The van der Waals surface area contributed by atoms with Gasteiger partial charge in [-0.05, 0) is 31.4 Å². The second-order valence-corrected chi connectivity index (χ2v) is 5.86. The molecule has 0 spiro atoms. The van der Waals surface area contributed by atoms with Gasteiger partial charge in [0.2, 0.25) is 0 Å². The highest BCUT2D eigenvalue weighted by Crippen LogP contribution is 2.25. The first-order chi connectivity index (χ1) is 11.8. The second kappa shape index (κ2) is 7.77. The molecule has 2 aromatic rings. The number of aromatic nitrogens is 3. The van der Waals surface area contributed by atoms with Crippen LogP contribution in [0.5, 0.6) is 5.75 Å². The molecule has 0 unspecified atom stereocenters. The highest BCUT2D eigenvalue weighted by Gasteiger charge is 2.24. The topological polar surface area (TPSA) is 60.2 Å². The summed E-state index contributed by atoms with van der Waals surface area (Å²) >= 11 is 0. The molecule has 1 aromatic carbocycles. The Kier molecular flexibility index (Phi) is 5.25. The van der Waals surface area contributed by atoms with Crippen LogP contribution in [0.15, 0.2) is 49.3 Å². The number of hydrogen-bond acceptors (Lipinski definition) is 4. The Morgan fingerprint density at radius 1 is 1.33 bits per heavy atom. The standard InChI is InChI=1S/C18H22N4O2/c1-2-14-24-17-8-4-3-7-16(17)18(23)21-11-5-6-15(9-12-21)22-13-10-19-20-22/h2-4,7-8,10,13,15H,1,5-6,9,11-12,14H2/t15-/m0/s1. The van der Waals surface area contributed by atoms with Crippen molar-refractivity contribution in [1.29, 1.82) is 0 Å². The van der Waals surface area contributed by atoms with Crippen LogP contribution >= 0.6 is 0 Å². The maximum absolute atomic E-state index is 12.9. The van der Waals surface area contributed by atoms with Crippen molar-refractivity contribution in [2.24, 2.45) is 0 Å². The summed E-state index contributed by atoms with van der Waals surface area (Å²) in [5.41, 5.74) is 0.610. The van der Waals surface area contributed by atoms with Crippen LogP contribution in [-0.2, 0) is 0 Å². The molecular weight excluding hydrogens is 304 g/mol. The number of hydrogen-bond donors (Lipinski definition) is 0. The van der Waals surface area contributed by atoms with Crippen LogP contribution in [0.3, 0.4) is 0 Å². The molecule has 0 aliphatic carbocycles. The number of rotatable bonds is 5. The summed E-state index contributed by atoms with van der Waals surface area (Å²) in [7, 11) is 0. The monoisotopic (exact) mass is 326 g/mol. The molecule has 1 amide bonds. The smallest absolute Gasteiger partial charge is 0.257 e. The van der Waals surface area contributed by atoms with Gasteiger partial charge >= 0.3 is 0 Å². The van der Waals surface area contributed by atoms with Crippen LogP contribution in [0.25, 0.3) is 0 Å². The Morgan fingerprint density at radius 2 is 2.21 bits per heavy atom. The lowest BCUT2D eigenvalue weighted by atomic mass is 10.1. The summed E-state index contributed by atoms with van der Waals surface area (Å²) in [5.74, 6) is 0.633. The largest absolute Gasteiger partial charge is 0.489 e. The Balaban J connectivity index is 1.70. The fourth-order valence-electron chi connectivity index (χ4n) is 3.05. The highest BCUT2D eigenvalue weighted by atomic mass is 16.5. The van der Waals surface area contributed by atoms with E-state index in [4.69, 9.17) is 4.74 Å². The molecule has 1 fully saturated rings. The Hall–Kier alpha value is -2.63. The summed E-state index contributed by atoms with van der Waals surface area (Å²) in [6.07, 6.45) is 8.09. The second-order valence-electron chi connectivity index (χ2n) is 5.86. The quantitative estimate of drug-likeness (QED) is 0.793. The Labute approximate surface area is 141 Å². The summed E-state index contributed by atoms with van der Waals surface area (Å²) in [6.45, 7) is 5.50. The number of ether oxygens (including phenoxy) is 1. The van der Waals surface area contributed by atoms with E-state index in [2.05, 4.69) is 16.9 Å². The van der Waals surface area contributed by atoms with Crippen molar-refractivity contribution in [2.75, 3.05) is 19.7 Å². The first-order valence-corrected chi connectivity index (χ1v) is 8.27. The van der Waals surface area contributed by atoms with E-state index in [1.54, 1.807) is 12.3 Å². The minimum absolute atomic E-state index is 0.0221. The summed E-state index contributed by atoms with van der Waals surface area (Å²) < 4.78 is 7.52. The van der Waals surface area contributed by atoms with Gasteiger partial charge in [-0.1, -0.05) is 30.0 Å². The van der Waals surface area contributed by atoms with Crippen LogP contribution in [0.1, 0.15) is 35.7 Å². The third-order valence-corrected chi connectivity index (χ3v) is 4.27. The van der Waals surface area contributed by atoms with Crippen LogP contribution in [-0.4, -0.2) is 45.5 Å². The molecule has 0 saturated carbocycles. The molecular formula is C18H22N4O2. The minimum Gasteiger partial charge on any atom is -0.489 e. The van der Waals surface area contributed by atoms with Crippen molar-refractivity contribution in [3.63, 3.8) is 0 Å². The van der Waals surface area contributed by atoms with Crippen molar-refractivity contribution in [2.45, 2.75) is 25.3 Å². The maximum atomic E-state index is 12.9. The Bertz CT molecular complexity index is 684. The lowest BCUT2D eigenvalue weighted by molar-refractivity contribution is 0.0756. The van der Waals surface area contributed by atoms with Gasteiger partial charge in [0.1, 0.15) is 12.4 Å². The van der Waals surface area contributed by atoms with Gasteiger partial charge in [0.05, 0.1) is 17.8 Å². The van der Waals surface area contributed by atoms with Crippen molar-refractivity contribution >= 4 is 5.91 Å². The number of benzene rings is 1. The lowest BCUT2D eigenvalue weighted by Crippen LogP contribution is -2.32. The SMILES string of the molecule is C=CCOc1ccccc1C(=O)N1CCC[C@H](n2ccnn2)CC1. The number of para-hydroxylation sites is 1. The average Bonchev–Trinajstić information content (AvgIpc) is 3.04. The van der Waals surface area contributed by atoms with E-state index in [9.17, 15) is 4.79 Å². The molecule has 126 valence electrons. The van der Waals surface area contributed by atoms with Crippen molar-refractivity contribution in [3.05, 3.63) is 54.9 Å². The van der Waals surface area contributed by atoms with E-state index in [0.29, 0.717) is 30.5 Å². The predicted octanol–water partition coefficient (Wildman–Crippen LogP) is 2.71. The molecule has 3 rings (SSSR count). The lowest BCUT2D eigenvalue weighted by Gasteiger charge is -2.22. The zero-order valence-electron chi connectivity index (χ0n) is 13.7. The molecule has 1 atom stereocenters. The molecule has 1 saturated heterocycles. The molecule has 2 heterocycles. The van der Waals surface area contributed by atoms with Gasteiger partial charge in [-0.2, -0.15) is 0 Å². The molecule has 6 nitrogen and oxygen atoms in total. The van der Waals surface area contributed by atoms with Gasteiger partial charge in [-0.3, -0.25) is 4.79 Å². The molecule has 0 N–H and O–H groups in total. The summed E-state index contributed by atoms with van der Waals surface area (Å²) in [6, 6.07) is 7.69. The Morgan fingerprint density at radius 3 is 3.00 bits per heavy atom. The molecule has 0 bridgehead atoms. The molecule has 1 aliphatic rings. The van der Waals surface area contributed by atoms with Crippen LogP contribution in [0, 0.1) is 0 Å². The van der Waals surface area contributed by atoms with E-state index in [-0.39, 0.29) is 5.91 Å². The van der Waals surface area contributed by atoms with Gasteiger partial charge in [-0.15, -0.1) is 5.10 Å². The number of amides is 1. The fraction of sp³-hybridized carbons (Fsp3) is 0.389. The highest BCUT2D eigenvalue weighted by molar-refractivity contribution is 5.97. The molecule has 6 heteroatoms. The maximum Gasteiger partial charge on any atom is 0.257 e. The zero-order chi connectivity index (χ0) is 16.8. The average molecular weight is 326 g/mol. The number of carbonyl (C=O) groups excluding carboxylic acids is 1. The van der Waals surface area contributed by atoms with Crippen molar-refractivity contribution in [1.82, 2.24) is 19.9 Å². The van der Waals surface area contributed by atoms with Gasteiger partial charge < -0.3 is 9.64 Å². The molecule has 1 aromatic heterocycles. The van der Waals surface area contributed by atoms with Gasteiger partial charge in [0.25, 0.3) is 5.91 Å². The zero-order valence-corrected chi connectivity index (χ0v) is 13.7. The van der Waals surface area contributed by atoms with Crippen molar-refractivity contribution in [3.8, 4) is 5.75 Å². The molecule has 0 radical (unpaired) electrons. The third kappa shape index (κ3) is 3.64. The normalized spacial score (nSPS) is 18.0. The predicted molar refractivity (Wildman–Crippen MR) is 90.9 cm³/mol. The first kappa shape index (κ1) is 16.2. The molecule has 24 heavy (non-hydrogen) atoms. The summed E-state index contributed by atoms with van der Waals surface area (Å²) in [5, 5.41) is 7.97. The number of nitrogens with zero attached hydrogens (tertiary/aromatic N) is 4. The number of carbonyl (C=O) groups is 1. The first-order valence-electron chi connectivity index (χ1n) is 8.27. The van der Waals surface area contributed by atoms with Crippen LogP contribution in [0.2, 0.25) is 0 Å². The number of likely N-dealkylation sites (tertiary alicyclic amines) is 1. The van der Waals surface area contributed by atoms with E-state index < -0.39 is 0 Å². The van der Waals surface area contributed by atoms with Gasteiger partial charge in [0, 0.05) is 19.3 Å². The molecule has 1 aliphatic heterocycles. The van der Waals surface area contributed by atoms with E-state index in [1.165, 1.54) is 0 Å². The summed E-state index contributed by atoms with van der Waals surface area (Å²) in [4.78, 5) is 14.8. The van der Waals surface area contributed by atoms with E-state index in [1.807, 2.05) is 40.0 Å². The van der Waals surface area contributed by atoms with Crippen molar-refractivity contribution < 1.29 is 9.53 Å². The fourth-order valence-corrected chi connectivity index (χ4v) is 3.05. The van der Waals surface area contributed by atoms with Gasteiger partial charge in [-0.25, -0.2) is 4.68 Å².